The maximum Gasteiger partial charge on any atom is 0.118 e. The van der Waals surface area contributed by atoms with Gasteiger partial charge < -0.3 is 4.74 Å². The number of halogens is 1. The molecule has 0 heterocycles. The summed E-state index contributed by atoms with van der Waals surface area (Å²) in [6.07, 6.45) is 8.93. The van der Waals surface area contributed by atoms with Crippen molar-refractivity contribution in [3.05, 3.63) is 35.4 Å². The first-order chi connectivity index (χ1) is 8.83. The molecule has 1 aliphatic rings. The molecule has 0 saturated heterocycles. The Balaban J connectivity index is 2.11. The van der Waals surface area contributed by atoms with Gasteiger partial charge in [-0.2, -0.15) is 0 Å². The van der Waals surface area contributed by atoms with Gasteiger partial charge in [-0.1, -0.05) is 43.0 Å². The molecule has 1 saturated carbocycles. The van der Waals surface area contributed by atoms with Gasteiger partial charge in [-0.05, 0) is 36.5 Å². The number of hydrogen-bond acceptors (Lipinski definition) is 1. The summed E-state index contributed by atoms with van der Waals surface area (Å²) in [6.45, 7) is 0. The highest BCUT2D eigenvalue weighted by atomic mass is 35.5. The summed E-state index contributed by atoms with van der Waals surface area (Å²) < 4.78 is 5.17. The summed E-state index contributed by atoms with van der Waals surface area (Å²) in [5, 5.41) is 0. The predicted molar refractivity (Wildman–Crippen MR) is 78.3 cm³/mol. The third-order valence-corrected chi connectivity index (χ3v) is 4.06. The SMILES string of the molecule is COc1ccc(C=C(CCl)C2CCCCC2)cc1. The van der Waals surface area contributed by atoms with Crippen LogP contribution in [0.25, 0.3) is 6.08 Å². The van der Waals surface area contributed by atoms with Gasteiger partial charge in [0.05, 0.1) is 7.11 Å². The fourth-order valence-corrected chi connectivity index (χ4v) is 2.95. The highest BCUT2D eigenvalue weighted by Crippen LogP contribution is 2.31. The molecule has 1 aliphatic carbocycles. The Hall–Kier alpha value is -0.950. The number of allylic oxidation sites excluding steroid dienone is 1. The van der Waals surface area contributed by atoms with Crippen LogP contribution >= 0.6 is 11.6 Å². The Labute approximate surface area is 115 Å². The van der Waals surface area contributed by atoms with Crippen molar-refractivity contribution in [2.75, 3.05) is 13.0 Å². The Morgan fingerprint density at radius 1 is 1.22 bits per heavy atom. The zero-order valence-electron chi connectivity index (χ0n) is 11.0. The van der Waals surface area contributed by atoms with E-state index in [2.05, 4.69) is 18.2 Å². The van der Waals surface area contributed by atoms with Crippen molar-refractivity contribution in [3.63, 3.8) is 0 Å². The van der Waals surface area contributed by atoms with E-state index in [0.29, 0.717) is 11.8 Å². The third-order valence-electron chi connectivity index (χ3n) is 3.75. The second kappa shape index (κ2) is 6.84. The number of ether oxygens (including phenoxy) is 1. The van der Waals surface area contributed by atoms with Crippen molar-refractivity contribution in [3.8, 4) is 5.75 Å². The topological polar surface area (TPSA) is 9.23 Å². The molecule has 0 atom stereocenters. The van der Waals surface area contributed by atoms with E-state index in [1.54, 1.807) is 7.11 Å². The van der Waals surface area contributed by atoms with Crippen LogP contribution in [-0.4, -0.2) is 13.0 Å². The first-order valence-corrected chi connectivity index (χ1v) is 7.27. The van der Waals surface area contributed by atoms with Crippen molar-refractivity contribution < 1.29 is 4.74 Å². The van der Waals surface area contributed by atoms with Gasteiger partial charge >= 0.3 is 0 Å². The zero-order chi connectivity index (χ0) is 12.8. The summed E-state index contributed by atoms with van der Waals surface area (Å²) in [4.78, 5) is 0. The summed E-state index contributed by atoms with van der Waals surface area (Å²) in [6, 6.07) is 8.18. The molecule has 1 fully saturated rings. The van der Waals surface area contributed by atoms with Crippen LogP contribution in [0.15, 0.2) is 29.8 Å². The lowest BCUT2D eigenvalue weighted by atomic mass is 9.84. The number of rotatable bonds is 4. The number of hydrogen-bond donors (Lipinski definition) is 0. The standard InChI is InChI=1S/C16H21ClO/c1-18-16-9-7-13(8-10-16)11-15(12-17)14-5-3-2-4-6-14/h7-11,14H,2-6,12H2,1H3. The van der Waals surface area contributed by atoms with E-state index in [0.717, 1.165) is 5.75 Å². The second-order valence-electron chi connectivity index (χ2n) is 4.96. The van der Waals surface area contributed by atoms with Gasteiger partial charge in [-0.15, -0.1) is 11.6 Å². The Kier molecular flexibility index (Phi) is 5.12. The van der Waals surface area contributed by atoms with E-state index in [1.807, 2.05) is 12.1 Å². The lowest BCUT2D eigenvalue weighted by molar-refractivity contribution is 0.405. The van der Waals surface area contributed by atoms with E-state index in [4.69, 9.17) is 16.3 Å². The van der Waals surface area contributed by atoms with E-state index in [-0.39, 0.29) is 0 Å². The molecule has 1 aromatic carbocycles. The molecule has 0 bridgehead atoms. The maximum atomic E-state index is 6.12. The van der Waals surface area contributed by atoms with Crippen molar-refractivity contribution in [2.24, 2.45) is 5.92 Å². The molecule has 2 heteroatoms. The molecule has 0 aliphatic heterocycles. The van der Waals surface area contributed by atoms with Gasteiger partial charge in [0.15, 0.2) is 0 Å². The van der Waals surface area contributed by atoms with Crippen LogP contribution in [0.3, 0.4) is 0 Å². The molecule has 0 amide bonds. The highest BCUT2D eigenvalue weighted by Gasteiger charge is 2.16. The van der Waals surface area contributed by atoms with Gasteiger partial charge in [0.2, 0.25) is 0 Å². The highest BCUT2D eigenvalue weighted by molar-refractivity contribution is 6.19. The number of methoxy groups -OCH3 is 1. The van der Waals surface area contributed by atoms with Crippen LogP contribution < -0.4 is 4.74 Å². The van der Waals surface area contributed by atoms with E-state index >= 15 is 0 Å². The maximum absolute atomic E-state index is 6.12. The molecule has 0 radical (unpaired) electrons. The van der Waals surface area contributed by atoms with Gasteiger partial charge in [-0.3, -0.25) is 0 Å². The normalized spacial score (nSPS) is 17.8. The third kappa shape index (κ3) is 3.52. The molecule has 1 nitrogen and oxygen atoms in total. The van der Waals surface area contributed by atoms with Gasteiger partial charge in [0.1, 0.15) is 5.75 Å². The zero-order valence-corrected chi connectivity index (χ0v) is 11.7. The first-order valence-electron chi connectivity index (χ1n) is 6.74. The van der Waals surface area contributed by atoms with Gasteiger partial charge in [0, 0.05) is 5.88 Å². The van der Waals surface area contributed by atoms with Crippen molar-refractivity contribution in [1.82, 2.24) is 0 Å². The quantitative estimate of drug-likeness (QED) is 0.703. The van der Waals surface area contributed by atoms with E-state index in [1.165, 1.54) is 43.2 Å². The number of alkyl halides is 1. The van der Waals surface area contributed by atoms with Gasteiger partial charge in [0.25, 0.3) is 0 Å². The lowest BCUT2D eigenvalue weighted by Gasteiger charge is -2.23. The van der Waals surface area contributed by atoms with Crippen molar-refractivity contribution in [2.45, 2.75) is 32.1 Å². The minimum Gasteiger partial charge on any atom is -0.497 e. The molecule has 1 aromatic rings. The van der Waals surface area contributed by atoms with E-state index in [9.17, 15) is 0 Å². The molecule has 18 heavy (non-hydrogen) atoms. The molecular weight excluding hydrogens is 244 g/mol. The minimum atomic E-state index is 0.649. The smallest absolute Gasteiger partial charge is 0.118 e. The average Bonchev–Trinajstić information content (AvgIpc) is 2.46. The minimum absolute atomic E-state index is 0.649. The van der Waals surface area contributed by atoms with Crippen molar-refractivity contribution in [1.29, 1.82) is 0 Å². The molecular formula is C16H21ClO. The first kappa shape index (κ1) is 13.5. The van der Waals surface area contributed by atoms with Crippen LogP contribution in [-0.2, 0) is 0 Å². The summed E-state index contributed by atoms with van der Waals surface area (Å²) in [5.74, 6) is 2.24. The van der Waals surface area contributed by atoms with E-state index < -0.39 is 0 Å². The van der Waals surface area contributed by atoms with Crippen LogP contribution in [0.1, 0.15) is 37.7 Å². The molecule has 0 unspecified atom stereocenters. The Morgan fingerprint density at radius 3 is 2.44 bits per heavy atom. The monoisotopic (exact) mass is 264 g/mol. The fourth-order valence-electron chi connectivity index (χ4n) is 2.65. The predicted octanol–water partition coefficient (Wildman–Crippen LogP) is 4.90. The largest absolute Gasteiger partial charge is 0.497 e. The summed E-state index contributed by atoms with van der Waals surface area (Å²) in [5.41, 5.74) is 2.61. The van der Waals surface area contributed by atoms with Crippen LogP contribution in [0.4, 0.5) is 0 Å². The summed E-state index contributed by atoms with van der Waals surface area (Å²) >= 11 is 6.12. The van der Waals surface area contributed by atoms with Crippen LogP contribution in [0.5, 0.6) is 5.75 Å². The lowest BCUT2D eigenvalue weighted by Crippen LogP contribution is -2.10. The van der Waals surface area contributed by atoms with Gasteiger partial charge in [-0.25, -0.2) is 0 Å². The van der Waals surface area contributed by atoms with Crippen LogP contribution in [0, 0.1) is 5.92 Å². The average molecular weight is 265 g/mol. The molecule has 98 valence electrons. The number of benzene rings is 1. The fraction of sp³-hybridized carbons (Fsp3) is 0.500. The Morgan fingerprint density at radius 2 is 1.89 bits per heavy atom. The molecule has 0 spiro atoms. The Bertz CT molecular complexity index is 388. The van der Waals surface area contributed by atoms with Crippen molar-refractivity contribution >= 4 is 17.7 Å². The molecule has 0 N–H and O–H groups in total. The summed E-state index contributed by atoms with van der Waals surface area (Å²) in [7, 11) is 1.69. The van der Waals surface area contributed by atoms with Crippen LogP contribution in [0.2, 0.25) is 0 Å². The molecule has 0 aromatic heterocycles. The second-order valence-corrected chi connectivity index (χ2v) is 5.23. The molecule has 2 rings (SSSR count).